The highest BCUT2D eigenvalue weighted by atomic mass is 19.3. The standard InChI is InChI=1S/C6H9F2NO/c1-2-3-6(7,8)4-9-5-10/h2-4H2,1H3. The van der Waals surface area contributed by atoms with Crippen LogP contribution in [-0.4, -0.2) is 18.5 Å². The molecule has 0 aliphatic carbocycles. The predicted octanol–water partition coefficient (Wildman–Crippen LogP) is 1.76. The minimum Gasteiger partial charge on any atom is -0.211 e. The van der Waals surface area contributed by atoms with Crippen molar-refractivity contribution in [3.05, 3.63) is 0 Å². The Bertz CT molecular complexity index is 141. The molecule has 0 aliphatic rings. The first-order valence-electron chi connectivity index (χ1n) is 3.04. The van der Waals surface area contributed by atoms with E-state index in [4.69, 9.17) is 0 Å². The van der Waals surface area contributed by atoms with Gasteiger partial charge in [0.05, 0.1) is 0 Å². The molecule has 0 atom stereocenters. The van der Waals surface area contributed by atoms with E-state index in [9.17, 15) is 13.6 Å². The van der Waals surface area contributed by atoms with Crippen molar-refractivity contribution in [1.82, 2.24) is 0 Å². The highest BCUT2D eigenvalue weighted by molar-refractivity contribution is 5.32. The first kappa shape index (κ1) is 9.24. The molecule has 0 aliphatic heterocycles. The van der Waals surface area contributed by atoms with Gasteiger partial charge in [0.1, 0.15) is 6.54 Å². The van der Waals surface area contributed by atoms with Crippen molar-refractivity contribution in [3.63, 3.8) is 0 Å². The lowest BCUT2D eigenvalue weighted by Gasteiger charge is -2.09. The number of hydrogen-bond donors (Lipinski definition) is 0. The van der Waals surface area contributed by atoms with E-state index in [1.165, 1.54) is 0 Å². The molecule has 0 unspecified atom stereocenters. The third-order valence-electron chi connectivity index (χ3n) is 0.991. The van der Waals surface area contributed by atoms with E-state index in [1.54, 1.807) is 6.92 Å². The summed E-state index contributed by atoms with van der Waals surface area (Å²) in [6, 6.07) is 0. The molecular formula is C6H9F2NO. The number of carbonyl (C=O) groups excluding carboxylic acids is 1. The minimum absolute atomic E-state index is 0.224. The van der Waals surface area contributed by atoms with Gasteiger partial charge in [0, 0.05) is 6.42 Å². The molecule has 0 N–H and O–H groups in total. The first-order valence-corrected chi connectivity index (χ1v) is 3.04. The van der Waals surface area contributed by atoms with Gasteiger partial charge in [-0.3, -0.25) is 0 Å². The van der Waals surface area contributed by atoms with Crippen LogP contribution in [0.15, 0.2) is 4.99 Å². The second kappa shape index (κ2) is 4.12. The van der Waals surface area contributed by atoms with Gasteiger partial charge in [0.2, 0.25) is 6.08 Å². The van der Waals surface area contributed by atoms with Crippen molar-refractivity contribution in [2.75, 3.05) is 6.54 Å². The lowest BCUT2D eigenvalue weighted by Crippen LogP contribution is -2.19. The van der Waals surface area contributed by atoms with Crippen LogP contribution in [0.25, 0.3) is 0 Å². The Kier molecular flexibility index (Phi) is 3.81. The largest absolute Gasteiger partial charge is 0.268 e. The molecule has 0 aromatic rings. The van der Waals surface area contributed by atoms with Crippen LogP contribution in [0.3, 0.4) is 0 Å². The van der Waals surface area contributed by atoms with Crippen molar-refractivity contribution < 1.29 is 13.6 Å². The molecule has 0 aromatic heterocycles. The lowest BCUT2D eigenvalue weighted by atomic mass is 10.2. The van der Waals surface area contributed by atoms with Gasteiger partial charge in [-0.15, -0.1) is 0 Å². The van der Waals surface area contributed by atoms with Crippen molar-refractivity contribution in [3.8, 4) is 0 Å². The van der Waals surface area contributed by atoms with Gasteiger partial charge < -0.3 is 0 Å². The second-order valence-corrected chi connectivity index (χ2v) is 2.01. The summed E-state index contributed by atoms with van der Waals surface area (Å²) in [4.78, 5) is 12.2. The summed E-state index contributed by atoms with van der Waals surface area (Å²) in [5.74, 6) is -2.83. The number of isocyanates is 1. The lowest BCUT2D eigenvalue weighted by molar-refractivity contribution is 0.00205. The molecule has 10 heavy (non-hydrogen) atoms. The molecule has 0 heterocycles. The maximum atomic E-state index is 12.3. The normalized spacial score (nSPS) is 10.7. The van der Waals surface area contributed by atoms with E-state index in [2.05, 4.69) is 4.99 Å². The predicted molar refractivity (Wildman–Crippen MR) is 32.8 cm³/mol. The molecule has 0 saturated carbocycles. The third-order valence-corrected chi connectivity index (χ3v) is 0.991. The van der Waals surface area contributed by atoms with E-state index < -0.39 is 12.5 Å². The van der Waals surface area contributed by atoms with Crippen LogP contribution in [0.1, 0.15) is 19.8 Å². The number of aliphatic imine (C=N–C) groups is 1. The van der Waals surface area contributed by atoms with E-state index in [1.807, 2.05) is 0 Å². The molecule has 0 bridgehead atoms. The van der Waals surface area contributed by atoms with E-state index >= 15 is 0 Å². The Morgan fingerprint density at radius 3 is 2.60 bits per heavy atom. The zero-order valence-corrected chi connectivity index (χ0v) is 5.73. The quantitative estimate of drug-likeness (QED) is 0.442. The van der Waals surface area contributed by atoms with Crippen LogP contribution in [0, 0.1) is 0 Å². The number of nitrogens with zero attached hydrogens (tertiary/aromatic N) is 1. The summed E-state index contributed by atoms with van der Waals surface area (Å²) in [5, 5.41) is 0. The van der Waals surface area contributed by atoms with Crippen LogP contribution in [0.5, 0.6) is 0 Å². The number of rotatable bonds is 4. The molecular weight excluding hydrogens is 140 g/mol. The fraction of sp³-hybridized carbons (Fsp3) is 0.833. The van der Waals surface area contributed by atoms with Crippen LogP contribution >= 0.6 is 0 Å². The molecule has 58 valence electrons. The van der Waals surface area contributed by atoms with Gasteiger partial charge in [-0.2, -0.15) is 4.99 Å². The zero-order chi connectivity index (χ0) is 8.04. The smallest absolute Gasteiger partial charge is 0.211 e. The van der Waals surface area contributed by atoms with Crippen LogP contribution < -0.4 is 0 Å². The highest BCUT2D eigenvalue weighted by Gasteiger charge is 2.26. The summed E-state index contributed by atoms with van der Waals surface area (Å²) >= 11 is 0. The molecule has 0 amide bonds. The summed E-state index contributed by atoms with van der Waals surface area (Å²) in [6.45, 7) is 0.920. The Morgan fingerprint density at radius 1 is 1.60 bits per heavy atom. The fourth-order valence-corrected chi connectivity index (χ4v) is 0.593. The molecule has 4 heteroatoms. The second-order valence-electron chi connectivity index (χ2n) is 2.01. The maximum Gasteiger partial charge on any atom is 0.268 e. The number of hydrogen-bond acceptors (Lipinski definition) is 2. The Morgan fingerprint density at radius 2 is 2.20 bits per heavy atom. The summed E-state index contributed by atoms with van der Waals surface area (Å²) in [6.07, 6.45) is 1.24. The van der Waals surface area contributed by atoms with E-state index in [-0.39, 0.29) is 6.42 Å². The molecule has 2 nitrogen and oxygen atoms in total. The topological polar surface area (TPSA) is 29.4 Å². The number of alkyl halides is 2. The summed E-state index contributed by atoms with van der Waals surface area (Å²) < 4.78 is 24.7. The van der Waals surface area contributed by atoms with Gasteiger partial charge in [-0.1, -0.05) is 13.3 Å². The van der Waals surface area contributed by atoms with Crippen molar-refractivity contribution in [2.24, 2.45) is 4.99 Å². The van der Waals surface area contributed by atoms with Gasteiger partial charge in [0.25, 0.3) is 5.92 Å². The van der Waals surface area contributed by atoms with E-state index in [0.717, 1.165) is 6.08 Å². The average Bonchev–Trinajstić information content (AvgIpc) is 1.84. The van der Waals surface area contributed by atoms with Crippen molar-refractivity contribution >= 4 is 6.08 Å². The molecule has 0 spiro atoms. The SMILES string of the molecule is CCCC(F)(F)CN=C=O. The van der Waals surface area contributed by atoms with Gasteiger partial charge in [-0.25, -0.2) is 13.6 Å². The van der Waals surface area contributed by atoms with Gasteiger partial charge in [0.15, 0.2) is 0 Å². The Balaban J connectivity index is 3.73. The Labute approximate surface area is 58.0 Å². The van der Waals surface area contributed by atoms with E-state index in [0.29, 0.717) is 6.42 Å². The van der Waals surface area contributed by atoms with Gasteiger partial charge in [-0.05, 0) is 0 Å². The Hall–Kier alpha value is -0.760. The summed E-state index contributed by atoms with van der Waals surface area (Å²) in [7, 11) is 0. The first-order chi connectivity index (χ1) is 4.62. The molecule has 0 aromatic carbocycles. The monoisotopic (exact) mass is 149 g/mol. The van der Waals surface area contributed by atoms with Gasteiger partial charge >= 0.3 is 0 Å². The number of halogens is 2. The highest BCUT2D eigenvalue weighted by Crippen LogP contribution is 2.19. The fourth-order valence-electron chi connectivity index (χ4n) is 0.593. The maximum absolute atomic E-state index is 12.3. The molecule has 0 saturated heterocycles. The van der Waals surface area contributed by atoms with Crippen LogP contribution in [0.2, 0.25) is 0 Å². The minimum atomic E-state index is -2.83. The van der Waals surface area contributed by atoms with Crippen LogP contribution in [-0.2, 0) is 4.79 Å². The van der Waals surface area contributed by atoms with Crippen LogP contribution in [0.4, 0.5) is 8.78 Å². The van der Waals surface area contributed by atoms with Crippen molar-refractivity contribution in [2.45, 2.75) is 25.7 Å². The third kappa shape index (κ3) is 4.15. The summed E-state index contributed by atoms with van der Waals surface area (Å²) in [5.41, 5.74) is 0. The zero-order valence-electron chi connectivity index (χ0n) is 5.73. The molecule has 0 fully saturated rings. The molecule has 0 radical (unpaired) electrons. The van der Waals surface area contributed by atoms with Crippen molar-refractivity contribution in [1.29, 1.82) is 0 Å². The molecule has 0 rings (SSSR count). The average molecular weight is 149 g/mol.